The van der Waals surface area contributed by atoms with Gasteiger partial charge in [-0.3, -0.25) is 4.79 Å². The van der Waals surface area contributed by atoms with Crippen LogP contribution < -0.4 is 11.1 Å². The van der Waals surface area contributed by atoms with Gasteiger partial charge in [-0.25, -0.2) is 0 Å². The van der Waals surface area contributed by atoms with Crippen LogP contribution in [0.25, 0.3) is 0 Å². The van der Waals surface area contributed by atoms with Crippen LogP contribution in [0.3, 0.4) is 0 Å². The van der Waals surface area contributed by atoms with Gasteiger partial charge in [0.05, 0.1) is 5.41 Å². The molecule has 1 aliphatic carbocycles. The van der Waals surface area contributed by atoms with Gasteiger partial charge in [-0.2, -0.15) is 0 Å². The van der Waals surface area contributed by atoms with Crippen LogP contribution in [0.5, 0.6) is 0 Å². The van der Waals surface area contributed by atoms with Crippen molar-refractivity contribution in [3.8, 4) is 0 Å². The molecule has 0 spiro atoms. The molecule has 0 bridgehead atoms. The van der Waals surface area contributed by atoms with Crippen molar-refractivity contribution >= 4 is 5.91 Å². The molecule has 18 heavy (non-hydrogen) atoms. The summed E-state index contributed by atoms with van der Waals surface area (Å²) in [5.41, 5.74) is 5.30. The van der Waals surface area contributed by atoms with Gasteiger partial charge in [-0.05, 0) is 38.0 Å². The minimum Gasteiger partial charge on any atom is -0.369 e. The van der Waals surface area contributed by atoms with E-state index in [2.05, 4.69) is 26.1 Å². The number of carbonyl (C=O) groups excluding carboxylic acids is 1. The summed E-state index contributed by atoms with van der Waals surface area (Å²) in [6.45, 7) is 11.5. The molecular formula is C15H30N2O. The molecule has 0 radical (unpaired) electrons. The summed E-state index contributed by atoms with van der Waals surface area (Å²) in [4.78, 5) is 11.4. The van der Waals surface area contributed by atoms with Crippen molar-refractivity contribution in [3.05, 3.63) is 0 Å². The van der Waals surface area contributed by atoms with Crippen LogP contribution in [-0.2, 0) is 4.79 Å². The molecule has 0 aromatic rings. The van der Waals surface area contributed by atoms with Crippen LogP contribution in [0.1, 0.15) is 60.3 Å². The second-order valence-electron chi connectivity index (χ2n) is 7.49. The lowest BCUT2D eigenvalue weighted by molar-refractivity contribution is -0.125. The summed E-state index contributed by atoms with van der Waals surface area (Å²) < 4.78 is 0. The Bertz CT molecular complexity index is 291. The summed E-state index contributed by atoms with van der Waals surface area (Å²) in [6.07, 6.45) is 5.13. The van der Waals surface area contributed by atoms with Crippen molar-refractivity contribution < 1.29 is 4.79 Å². The summed E-state index contributed by atoms with van der Waals surface area (Å²) >= 11 is 0. The number of rotatable bonds is 4. The number of primary amides is 1. The van der Waals surface area contributed by atoms with E-state index in [0.29, 0.717) is 23.9 Å². The molecule has 2 unspecified atom stereocenters. The molecule has 0 saturated heterocycles. The Morgan fingerprint density at radius 2 is 1.72 bits per heavy atom. The fourth-order valence-corrected chi connectivity index (χ4v) is 2.89. The van der Waals surface area contributed by atoms with Gasteiger partial charge in [-0.15, -0.1) is 0 Å². The predicted octanol–water partition coefficient (Wildman–Crippen LogP) is 2.69. The minimum absolute atomic E-state index is 0.224. The van der Waals surface area contributed by atoms with Gasteiger partial charge in [0.15, 0.2) is 0 Å². The van der Waals surface area contributed by atoms with Crippen molar-refractivity contribution in [2.75, 3.05) is 6.54 Å². The molecule has 1 rings (SSSR count). The van der Waals surface area contributed by atoms with E-state index in [0.717, 1.165) is 0 Å². The summed E-state index contributed by atoms with van der Waals surface area (Å²) in [7, 11) is 0. The predicted molar refractivity (Wildman–Crippen MR) is 76.2 cm³/mol. The molecule has 1 saturated carbocycles. The SMILES string of the molecule is CC(C)(CNC1CCCCC1C(C)(C)C)C(N)=O. The fraction of sp³-hybridized carbons (Fsp3) is 0.933. The van der Waals surface area contributed by atoms with Gasteiger partial charge in [0, 0.05) is 12.6 Å². The third-order valence-electron chi connectivity index (χ3n) is 4.35. The van der Waals surface area contributed by atoms with Crippen molar-refractivity contribution in [2.24, 2.45) is 22.5 Å². The molecule has 0 aliphatic heterocycles. The first kappa shape index (κ1) is 15.5. The molecule has 106 valence electrons. The van der Waals surface area contributed by atoms with E-state index < -0.39 is 5.41 Å². The summed E-state index contributed by atoms with van der Waals surface area (Å²) in [5.74, 6) is 0.466. The third kappa shape index (κ3) is 3.98. The van der Waals surface area contributed by atoms with Gasteiger partial charge >= 0.3 is 0 Å². The molecular weight excluding hydrogens is 224 g/mol. The topological polar surface area (TPSA) is 55.1 Å². The Hall–Kier alpha value is -0.570. The van der Waals surface area contributed by atoms with Crippen molar-refractivity contribution in [2.45, 2.75) is 66.3 Å². The molecule has 3 N–H and O–H groups in total. The molecule has 3 nitrogen and oxygen atoms in total. The maximum Gasteiger partial charge on any atom is 0.224 e. The molecule has 0 aromatic heterocycles. The van der Waals surface area contributed by atoms with E-state index in [4.69, 9.17) is 5.73 Å². The second kappa shape index (κ2) is 5.60. The van der Waals surface area contributed by atoms with Crippen LogP contribution in [-0.4, -0.2) is 18.5 Å². The van der Waals surface area contributed by atoms with E-state index in [-0.39, 0.29) is 5.91 Å². The van der Waals surface area contributed by atoms with Gasteiger partial charge in [0.25, 0.3) is 0 Å². The maximum atomic E-state index is 11.4. The van der Waals surface area contributed by atoms with Crippen molar-refractivity contribution in [1.29, 1.82) is 0 Å². The van der Waals surface area contributed by atoms with E-state index in [1.807, 2.05) is 13.8 Å². The largest absolute Gasteiger partial charge is 0.369 e. The average Bonchev–Trinajstić information content (AvgIpc) is 2.25. The normalized spacial score (nSPS) is 26.1. The van der Waals surface area contributed by atoms with Crippen LogP contribution in [0.4, 0.5) is 0 Å². The van der Waals surface area contributed by atoms with Crippen molar-refractivity contribution in [3.63, 3.8) is 0 Å². The van der Waals surface area contributed by atoms with Crippen LogP contribution >= 0.6 is 0 Å². The van der Waals surface area contributed by atoms with E-state index in [1.54, 1.807) is 0 Å². The Morgan fingerprint density at radius 3 is 2.22 bits per heavy atom. The molecule has 0 aromatic carbocycles. The Balaban J connectivity index is 2.61. The highest BCUT2D eigenvalue weighted by Crippen LogP contribution is 2.38. The molecule has 1 aliphatic rings. The average molecular weight is 254 g/mol. The van der Waals surface area contributed by atoms with Crippen LogP contribution in [0, 0.1) is 16.7 Å². The molecule has 2 atom stereocenters. The van der Waals surface area contributed by atoms with Gasteiger partial charge in [0.2, 0.25) is 5.91 Å². The lowest BCUT2D eigenvalue weighted by Gasteiger charge is -2.42. The van der Waals surface area contributed by atoms with E-state index in [1.165, 1.54) is 25.7 Å². The van der Waals surface area contributed by atoms with Gasteiger partial charge in [0.1, 0.15) is 0 Å². The number of nitrogens with two attached hydrogens (primary N) is 1. The minimum atomic E-state index is -0.458. The molecule has 0 heterocycles. The Morgan fingerprint density at radius 1 is 1.17 bits per heavy atom. The first-order valence-electron chi connectivity index (χ1n) is 7.18. The highest BCUT2D eigenvalue weighted by atomic mass is 16.1. The Kier molecular flexibility index (Phi) is 4.82. The highest BCUT2D eigenvalue weighted by molar-refractivity contribution is 5.80. The summed E-state index contributed by atoms with van der Waals surface area (Å²) in [6, 6.07) is 0.525. The monoisotopic (exact) mass is 254 g/mol. The molecule has 1 fully saturated rings. The first-order valence-corrected chi connectivity index (χ1v) is 7.18. The van der Waals surface area contributed by atoms with Crippen molar-refractivity contribution in [1.82, 2.24) is 5.32 Å². The lowest BCUT2D eigenvalue weighted by atomic mass is 9.69. The van der Waals surface area contributed by atoms with Gasteiger partial charge < -0.3 is 11.1 Å². The zero-order chi connectivity index (χ0) is 14.0. The first-order chi connectivity index (χ1) is 8.14. The number of nitrogens with one attached hydrogen (secondary N) is 1. The van der Waals surface area contributed by atoms with Crippen LogP contribution in [0.15, 0.2) is 0 Å². The molecule has 3 heteroatoms. The number of amides is 1. The lowest BCUT2D eigenvalue weighted by Crippen LogP contribution is -2.49. The standard InChI is InChI=1S/C15H30N2O/c1-14(2,3)11-8-6-7-9-12(11)17-10-15(4,5)13(16)18/h11-12,17H,6-10H2,1-5H3,(H2,16,18). The van der Waals surface area contributed by atoms with E-state index >= 15 is 0 Å². The third-order valence-corrected chi connectivity index (χ3v) is 4.35. The zero-order valence-corrected chi connectivity index (χ0v) is 12.7. The quantitative estimate of drug-likeness (QED) is 0.810. The highest BCUT2D eigenvalue weighted by Gasteiger charge is 2.35. The number of hydrogen-bond donors (Lipinski definition) is 2. The molecule has 1 amide bonds. The number of hydrogen-bond acceptors (Lipinski definition) is 2. The van der Waals surface area contributed by atoms with E-state index in [9.17, 15) is 4.79 Å². The second-order valence-corrected chi connectivity index (χ2v) is 7.49. The zero-order valence-electron chi connectivity index (χ0n) is 12.7. The van der Waals surface area contributed by atoms with Crippen LogP contribution in [0.2, 0.25) is 0 Å². The maximum absolute atomic E-state index is 11.4. The summed E-state index contributed by atoms with van der Waals surface area (Å²) in [5, 5.41) is 3.60. The van der Waals surface area contributed by atoms with Gasteiger partial charge in [-0.1, -0.05) is 33.6 Å². The Labute approximate surface area is 112 Å². The smallest absolute Gasteiger partial charge is 0.224 e. The number of carbonyl (C=O) groups is 1. The fourth-order valence-electron chi connectivity index (χ4n) is 2.89.